The van der Waals surface area contributed by atoms with Gasteiger partial charge >= 0.3 is 0 Å². The van der Waals surface area contributed by atoms with Crippen molar-refractivity contribution >= 4 is 11.3 Å². The van der Waals surface area contributed by atoms with Crippen LogP contribution in [0.1, 0.15) is 55.9 Å². The van der Waals surface area contributed by atoms with Crippen LogP contribution in [0, 0.1) is 0 Å². The van der Waals surface area contributed by atoms with Gasteiger partial charge in [-0.1, -0.05) is 32.0 Å². The second-order valence-electron chi connectivity index (χ2n) is 5.76. The van der Waals surface area contributed by atoms with Gasteiger partial charge in [0.1, 0.15) is 10.8 Å². The van der Waals surface area contributed by atoms with Crippen LogP contribution in [0.5, 0.6) is 5.75 Å². The molecule has 0 amide bonds. The number of benzene rings is 1. The van der Waals surface area contributed by atoms with Crippen molar-refractivity contribution in [2.24, 2.45) is 0 Å². The van der Waals surface area contributed by atoms with E-state index in [2.05, 4.69) is 44.5 Å². The fourth-order valence-corrected chi connectivity index (χ4v) is 3.29. The second kappa shape index (κ2) is 7.05. The van der Waals surface area contributed by atoms with Crippen LogP contribution >= 0.6 is 11.3 Å². The van der Waals surface area contributed by atoms with Gasteiger partial charge in [0.25, 0.3) is 0 Å². The molecule has 0 aliphatic rings. The predicted octanol–water partition coefficient (Wildman–Crippen LogP) is 4.36. The fourth-order valence-electron chi connectivity index (χ4n) is 2.23. The van der Waals surface area contributed by atoms with E-state index in [1.807, 2.05) is 18.2 Å². The molecule has 0 bridgehead atoms. The molecule has 2 rings (SSSR count). The maximum Gasteiger partial charge on any atom is 0.124 e. The van der Waals surface area contributed by atoms with Crippen LogP contribution in [-0.4, -0.2) is 18.1 Å². The summed E-state index contributed by atoms with van der Waals surface area (Å²) in [5.41, 5.74) is 2.29. The van der Waals surface area contributed by atoms with Gasteiger partial charge in [0.05, 0.1) is 18.8 Å². The third-order valence-electron chi connectivity index (χ3n) is 3.33. The van der Waals surface area contributed by atoms with E-state index in [1.54, 1.807) is 18.4 Å². The molecule has 2 aromatic rings. The molecule has 3 nitrogen and oxygen atoms in total. The highest BCUT2D eigenvalue weighted by atomic mass is 32.1. The number of ether oxygens (including phenoxy) is 1. The quantitative estimate of drug-likeness (QED) is 0.861. The predicted molar refractivity (Wildman–Crippen MR) is 89.3 cm³/mol. The minimum Gasteiger partial charge on any atom is -0.496 e. The average Bonchev–Trinajstić information content (AvgIpc) is 2.94. The molecule has 1 unspecified atom stereocenters. The molecule has 0 fully saturated rings. The Kier molecular flexibility index (Phi) is 5.37. The Labute approximate surface area is 131 Å². The molecule has 1 aromatic carbocycles. The Hall–Kier alpha value is -1.39. The summed E-state index contributed by atoms with van der Waals surface area (Å²) in [4.78, 5) is 4.82. The van der Waals surface area contributed by atoms with E-state index in [9.17, 15) is 0 Å². The maximum atomic E-state index is 5.52. The van der Waals surface area contributed by atoms with Crippen molar-refractivity contribution < 1.29 is 4.74 Å². The number of nitrogens with one attached hydrogen (secondary N) is 1. The van der Waals surface area contributed by atoms with E-state index in [1.165, 1.54) is 0 Å². The minimum atomic E-state index is 0.0682. The van der Waals surface area contributed by atoms with Crippen LogP contribution in [0.15, 0.2) is 29.6 Å². The summed E-state index contributed by atoms with van der Waals surface area (Å²) in [5.74, 6) is 1.35. The zero-order chi connectivity index (χ0) is 15.4. The number of methoxy groups -OCH3 is 1. The van der Waals surface area contributed by atoms with Gasteiger partial charge in [-0.25, -0.2) is 4.98 Å². The molecule has 1 heterocycles. The van der Waals surface area contributed by atoms with Crippen LogP contribution in [-0.2, 0) is 0 Å². The van der Waals surface area contributed by atoms with Crippen LogP contribution in [0.25, 0.3) is 0 Å². The number of thiazole rings is 1. The molecule has 0 aliphatic heterocycles. The highest BCUT2D eigenvalue weighted by Crippen LogP contribution is 2.33. The molecule has 0 saturated carbocycles. The first-order chi connectivity index (χ1) is 10.0. The van der Waals surface area contributed by atoms with Crippen molar-refractivity contribution in [2.75, 3.05) is 7.11 Å². The summed E-state index contributed by atoms with van der Waals surface area (Å²) < 4.78 is 5.52. The monoisotopic (exact) mass is 304 g/mol. The zero-order valence-electron chi connectivity index (χ0n) is 13.4. The van der Waals surface area contributed by atoms with Gasteiger partial charge in [-0.3, -0.25) is 0 Å². The Bertz CT molecular complexity index is 578. The number of hydrogen-bond donors (Lipinski definition) is 1. The van der Waals surface area contributed by atoms with Gasteiger partial charge in [-0.05, 0) is 25.8 Å². The van der Waals surface area contributed by atoms with Crippen molar-refractivity contribution in [1.82, 2.24) is 10.3 Å². The van der Waals surface area contributed by atoms with E-state index < -0.39 is 0 Å². The standard InChI is InChI=1S/C17H24N2OS/c1-11(2)14-10-21-17(19-14)16(18-12(3)4)13-8-6-7-9-15(13)20-5/h6-12,16,18H,1-5H3. The number of para-hydroxylation sites is 1. The maximum absolute atomic E-state index is 5.52. The lowest BCUT2D eigenvalue weighted by Crippen LogP contribution is -2.29. The summed E-state index contributed by atoms with van der Waals surface area (Å²) in [6.45, 7) is 8.65. The molecule has 1 N–H and O–H groups in total. The summed E-state index contributed by atoms with van der Waals surface area (Å²) in [5, 5.41) is 6.86. The smallest absolute Gasteiger partial charge is 0.124 e. The van der Waals surface area contributed by atoms with Crippen molar-refractivity contribution in [3.63, 3.8) is 0 Å². The molecule has 114 valence electrons. The van der Waals surface area contributed by atoms with Gasteiger partial charge in [0, 0.05) is 17.0 Å². The van der Waals surface area contributed by atoms with Crippen LogP contribution in [0.2, 0.25) is 0 Å². The van der Waals surface area contributed by atoms with Crippen molar-refractivity contribution in [3.8, 4) is 5.75 Å². The Morgan fingerprint density at radius 3 is 2.43 bits per heavy atom. The fraction of sp³-hybridized carbons (Fsp3) is 0.471. The normalized spacial score (nSPS) is 12.9. The molecule has 0 spiro atoms. The highest BCUT2D eigenvalue weighted by Gasteiger charge is 2.22. The molecule has 1 aromatic heterocycles. The highest BCUT2D eigenvalue weighted by molar-refractivity contribution is 7.09. The van der Waals surface area contributed by atoms with Gasteiger partial charge < -0.3 is 10.1 Å². The Morgan fingerprint density at radius 2 is 1.86 bits per heavy atom. The molecule has 0 aliphatic carbocycles. The largest absolute Gasteiger partial charge is 0.496 e. The van der Waals surface area contributed by atoms with Gasteiger partial charge in [0.2, 0.25) is 0 Å². The van der Waals surface area contributed by atoms with E-state index in [0.29, 0.717) is 12.0 Å². The lowest BCUT2D eigenvalue weighted by molar-refractivity contribution is 0.401. The lowest BCUT2D eigenvalue weighted by Gasteiger charge is -2.21. The van der Waals surface area contributed by atoms with E-state index >= 15 is 0 Å². The first-order valence-corrected chi connectivity index (χ1v) is 8.25. The van der Waals surface area contributed by atoms with Crippen molar-refractivity contribution in [3.05, 3.63) is 45.9 Å². The molecular weight excluding hydrogens is 280 g/mol. The summed E-state index contributed by atoms with van der Waals surface area (Å²) in [7, 11) is 1.71. The third kappa shape index (κ3) is 3.83. The number of rotatable bonds is 6. The number of nitrogens with zero attached hydrogens (tertiary/aromatic N) is 1. The molecule has 0 saturated heterocycles. The number of hydrogen-bond acceptors (Lipinski definition) is 4. The lowest BCUT2D eigenvalue weighted by atomic mass is 10.0. The van der Waals surface area contributed by atoms with E-state index in [4.69, 9.17) is 9.72 Å². The van der Waals surface area contributed by atoms with Gasteiger partial charge in [-0.15, -0.1) is 11.3 Å². The van der Waals surface area contributed by atoms with E-state index in [-0.39, 0.29) is 6.04 Å². The first kappa shape index (κ1) is 16.0. The Balaban J connectivity index is 2.42. The van der Waals surface area contributed by atoms with Crippen LogP contribution in [0.4, 0.5) is 0 Å². The van der Waals surface area contributed by atoms with Crippen molar-refractivity contribution in [1.29, 1.82) is 0 Å². The summed E-state index contributed by atoms with van der Waals surface area (Å²) >= 11 is 1.71. The van der Waals surface area contributed by atoms with Crippen LogP contribution in [0.3, 0.4) is 0 Å². The average molecular weight is 304 g/mol. The number of aromatic nitrogens is 1. The molecule has 21 heavy (non-hydrogen) atoms. The van der Waals surface area contributed by atoms with Crippen LogP contribution < -0.4 is 10.1 Å². The Morgan fingerprint density at radius 1 is 1.14 bits per heavy atom. The molecule has 0 radical (unpaired) electrons. The van der Waals surface area contributed by atoms with E-state index in [0.717, 1.165) is 22.0 Å². The second-order valence-corrected chi connectivity index (χ2v) is 6.65. The zero-order valence-corrected chi connectivity index (χ0v) is 14.2. The third-order valence-corrected chi connectivity index (χ3v) is 4.26. The molecule has 1 atom stereocenters. The summed E-state index contributed by atoms with van der Waals surface area (Å²) in [6, 6.07) is 8.58. The first-order valence-electron chi connectivity index (χ1n) is 7.37. The minimum absolute atomic E-state index is 0.0682. The SMILES string of the molecule is COc1ccccc1C(NC(C)C)c1nc(C(C)C)cs1. The van der Waals surface area contributed by atoms with Gasteiger partial charge in [0.15, 0.2) is 0 Å². The van der Waals surface area contributed by atoms with Crippen molar-refractivity contribution in [2.45, 2.75) is 45.7 Å². The molecular formula is C17H24N2OS. The van der Waals surface area contributed by atoms with Gasteiger partial charge in [-0.2, -0.15) is 0 Å². The topological polar surface area (TPSA) is 34.1 Å². The summed E-state index contributed by atoms with van der Waals surface area (Å²) in [6.07, 6.45) is 0. The molecule has 4 heteroatoms.